The lowest BCUT2D eigenvalue weighted by atomic mass is 10.0. The Kier molecular flexibility index (Phi) is 5.35. The third-order valence-electron chi connectivity index (χ3n) is 4.47. The zero-order valence-corrected chi connectivity index (χ0v) is 15.1. The molecule has 0 unspecified atom stereocenters. The summed E-state index contributed by atoms with van der Waals surface area (Å²) in [7, 11) is 0. The Hall–Kier alpha value is -3.02. The Morgan fingerprint density at radius 3 is 2.56 bits per heavy atom. The molecule has 0 aliphatic heterocycles. The topological polar surface area (TPSA) is 62.0 Å². The largest absolute Gasteiger partial charge is 0.352 e. The molecular weight excluding hydrogens is 350 g/mol. The van der Waals surface area contributed by atoms with Crippen LogP contribution in [-0.2, 0) is 6.42 Å². The van der Waals surface area contributed by atoms with Crippen molar-refractivity contribution < 1.29 is 13.6 Å². The smallest absolute Gasteiger partial charge is 0.251 e. The summed E-state index contributed by atoms with van der Waals surface area (Å²) in [5, 5.41) is 3.55. The number of fused-ring (bicyclic) bond motifs is 1. The van der Waals surface area contributed by atoms with Crippen molar-refractivity contribution >= 4 is 16.8 Å². The van der Waals surface area contributed by atoms with E-state index in [0.717, 1.165) is 23.0 Å². The number of H-pyrrole nitrogens is 1. The second-order valence-corrected chi connectivity index (χ2v) is 6.76. The van der Waals surface area contributed by atoms with Crippen LogP contribution in [0.3, 0.4) is 0 Å². The Morgan fingerprint density at radius 1 is 1.07 bits per heavy atom. The number of halogens is 2. The van der Waals surface area contributed by atoms with Crippen molar-refractivity contribution in [3.05, 3.63) is 81.1 Å². The van der Waals surface area contributed by atoms with Gasteiger partial charge in [-0.1, -0.05) is 19.9 Å². The van der Waals surface area contributed by atoms with Crippen LogP contribution in [0.2, 0.25) is 0 Å². The SMILES string of the molecule is CC(C)c1ccc2[nH]c(=O)c(CCNC(=O)c3ccc(F)c(F)c3)cc2c1. The van der Waals surface area contributed by atoms with Crippen molar-refractivity contribution in [3.8, 4) is 0 Å². The van der Waals surface area contributed by atoms with E-state index in [9.17, 15) is 18.4 Å². The molecule has 1 aromatic heterocycles. The van der Waals surface area contributed by atoms with Crippen molar-refractivity contribution in [1.82, 2.24) is 10.3 Å². The summed E-state index contributed by atoms with van der Waals surface area (Å²) in [5.41, 5.74) is 2.31. The molecule has 0 fully saturated rings. The summed E-state index contributed by atoms with van der Waals surface area (Å²) < 4.78 is 26.2. The van der Waals surface area contributed by atoms with Gasteiger partial charge in [-0.15, -0.1) is 0 Å². The number of aromatic amines is 1. The predicted octanol–water partition coefficient (Wildman–Crippen LogP) is 3.90. The minimum Gasteiger partial charge on any atom is -0.352 e. The van der Waals surface area contributed by atoms with E-state index in [0.29, 0.717) is 17.9 Å². The Balaban J connectivity index is 1.72. The van der Waals surface area contributed by atoms with Gasteiger partial charge >= 0.3 is 0 Å². The number of rotatable bonds is 5. The van der Waals surface area contributed by atoms with Crippen LogP contribution in [0.15, 0.2) is 47.3 Å². The molecule has 27 heavy (non-hydrogen) atoms. The standard InChI is InChI=1S/C21H20F2N2O2/c1-12(2)13-4-6-19-16(9-13)10-15(21(27)25-19)7-8-24-20(26)14-3-5-17(22)18(23)11-14/h3-6,9-12H,7-8H2,1-2H3,(H,24,26)(H,25,27). The molecule has 0 saturated heterocycles. The lowest BCUT2D eigenvalue weighted by Crippen LogP contribution is -2.27. The monoisotopic (exact) mass is 370 g/mol. The predicted molar refractivity (Wildman–Crippen MR) is 101 cm³/mol. The molecule has 0 atom stereocenters. The molecule has 6 heteroatoms. The highest BCUT2D eigenvalue weighted by Gasteiger charge is 2.10. The number of carbonyl (C=O) groups is 1. The fraction of sp³-hybridized carbons (Fsp3) is 0.238. The fourth-order valence-electron chi connectivity index (χ4n) is 2.87. The maximum atomic E-state index is 13.2. The third kappa shape index (κ3) is 4.22. The number of benzene rings is 2. The van der Waals surface area contributed by atoms with Gasteiger partial charge in [0.2, 0.25) is 0 Å². The minimum atomic E-state index is -1.07. The van der Waals surface area contributed by atoms with E-state index in [1.807, 2.05) is 24.3 Å². The quantitative estimate of drug-likeness (QED) is 0.715. The van der Waals surface area contributed by atoms with Gasteiger partial charge in [0, 0.05) is 23.2 Å². The summed E-state index contributed by atoms with van der Waals surface area (Å²) in [6.07, 6.45) is 0.326. The molecular formula is C21H20F2N2O2. The Labute approximate surface area is 155 Å². The molecule has 0 saturated carbocycles. The molecule has 2 N–H and O–H groups in total. The van der Waals surface area contributed by atoms with E-state index in [2.05, 4.69) is 24.1 Å². The molecule has 3 aromatic rings. The molecule has 0 bridgehead atoms. The lowest BCUT2D eigenvalue weighted by Gasteiger charge is -2.09. The number of hydrogen-bond acceptors (Lipinski definition) is 2. The first kappa shape index (κ1) is 18.8. The van der Waals surface area contributed by atoms with Crippen molar-refractivity contribution in [2.75, 3.05) is 6.54 Å². The molecule has 3 rings (SSSR count). The molecule has 0 aliphatic rings. The molecule has 1 heterocycles. The Morgan fingerprint density at radius 2 is 1.85 bits per heavy atom. The second kappa shape index (κ2) is 7.70. The van der Waals surface area contributed by atoms with Gasteiger partial charge in [0.25, 0.3) is 11.5 Å². The van der Waals surface area contributed by atoms with Gasteiger partial charge in [-0.05, 0) is 59.7 Å². The van der Waals surface area contributed by atoms with Crippen LogP contribution in [0.4, 0.5) is 8.78 Å². The first-order valence-electron chi connectivity index (χ1n) is 8.74. The molecule has 0 spiro atoms. The van der Waals surface area contributed by atoms with Crippen LogP contribution in [0.5, 0.6) is 0 Å². The first-order valence-corrected chi connectivity index (χ1v) is 8.74. The van der Waals surface area contributed by atoms with Crippen LogP contribution in [-0.4, -0.2) is 17.4 Å². The van der Waals surface area contributed by atoms with E-state index in [1.54, 1.807) is 0 Å². The maximum Gasteiger partial charge on any atom is 0.251 e. The number of aromatic nitrogens is 1. The van der Waals surface area contributed by atoms with Crippen molar-refractivity contribution in [1.29, 1.82) is 0 Å². The highest BCUT2D eigenvalue weighted by molar-refractivity contribution is 5.94. The lowest BCUT2D eigenvalue weighted by molar-refractivity contribution is 0.0953. The zero-order valence-electron chi connectivity index (χ0n) is 15.1. The summed E-state index contributed by atoms with van der Waals surface area (Å²) in [6.45, 7) is 4.40. The van der Waals surface area contributed by atoms with E-state index >= 15 is 0 Å². The van der Waals surface area contributed by atoms with Crippen LogP contribution in [0, 0.1) is 11.6 Å². The van der Waals surface area contributed by atoms with Gasteiger partial charge in [-0.3, -0.25) is 9.59 Å². The average Bonchev–Trinajstić information content (AvgIpc) is 2.63. The van der Waals surface area contributed by atoms with Gasteiger partial charge in [0.1, 0.15) is 0 Å². The fourth-order valence-corrected chi connectivity index (χ4v) is 2.87. The normalized spacial score (nSPS) is 11.1. The number of nitrogens with one attached hydrogen (secondary N) is 2. The summed E-state index contributed by atoms with van der Waals surface area (Å²) in [6, 6.07) is 10.7. The second-order valence-electron chi connectivity index (χ2n) is 6.76. The van der Waals surface area contributed by atoms with Crippen molar-refractivity contribution in [3.63, 3.8) is 0 Å². The van der Waals surface area contributed by atoms with E-state index in [-0.39, 0.29) is 17.7 Å². The van der Waals surface area contributed by atoms with Gasteiger partial charge in [0.15, 0.2) is 11.6 Å². The van der Waals surface area contributed by atoms with E-state index in [4.69, 9.17) is 0 Å². The van der Waals surface area contributed by atoms with Gasteiger partial charge < -0.3 is 10.3 Å². The molecule has 0 radical (unpaired) electrons. The van der Waals surface area contributed by atoms with Gasteiger partial charge in [-0.25, -0.2) is 8.78 Å². The highest BCUT2D eigenvalue weighted by Crippen LogP contribution is 2.20. The van der Waals surface area contributed by atoms with Crippen LogP contribution < -0.4 is 10.9 Å². The number of hydrogen-bond donors (Lipinski definition) is 2. The summed E-state index contributed by atoms with van der Waals surface area (Å²) in [4.78, 5) is 27.1. The third-order valence-corrected chi connectivity index (χ3v) is 4.47. The average molecular weight is 370 g/mol. The van der Waals surface area contributed by atoms with Gasteiger partial charge in [0.05, 0.1) is 0 Å². The zero-order chi connectivity index (χ0) is 19.6. The number of pyridine rings is 1. The van der Waals surface area contributed by atoms with Gasteiger partial charge in [-0.2, -0.15) is 0 Å². The van der Waals surface area contributed by atoms with Crippen LogP contribution >= 0.6 is 0 Å². The highest BCUT2D eigenvalue weighted by atomic mass is 19.2. The van der Waals surface area contributed by atoms with Crippen molar-refractivity contribution in [2.24, 2.45) is 0 Å². The summed E-state index contributed by atoms with van der Waals surface area (Å²) in [5.74, 6) is -2.22. The number of carbonyl (C=O) groups excluding carboxylic acids is 1. The van der Waals surface area contributed by atoms with Crippen LogP contribution in [0.25, 0.3) is 10.9 Å². The molecule has 140 valence electrons. The van der Waals surface area contributed by atoms with Crippen molar-refractivity contribution in [2.45, 2.75) is 26.2 Å². The molecule has 2 aromatic carbocycles. The Bertz CT molecular complexity index is 1060. The molecule has 1 amide bonds. The van der Waals surface area contributed by atoms with Crippen LogP contribution in [0.1, 0.15) is 41.3 Å². The molecule has 4 nitrogen and oxygen atoms in total. The maximum absolute atomic E-state index is 13.2. The molecule has 0 aliphatic carbocycles. The summed E-state index contributed by atoms with van der Waals surface area (Å²) >= 11 is 0. The number of amides is 1. The van der Waals surface area contributed by atoms with E-state index in [1.165, 1.54) is 11.6 Å². The first-order chi connectivity index (χ1) is 12.8. The van der Waals surface area contributed by atoms with E-state index < -0.39 is 17.5 Å². The minimum absolute atomic E-state index is 0.0305.